The van der Waals surface area contributed by atoms with Crippen LogP contribution in [0.3, 0.4) is 0 Å². The number of carboxylic acids is 1. The molecule has 1 unspecified atom stereocenters. The molecule has 0 aliphatic heterocycles. The van der Waals surface area contributed by atoms with Gasteiger partial charge in [0.1, 0.15) is 5.75 Å². The van der Waals surface area contributed by atoms with Gasteiger partial charge in [-0.25, -0.2) is 4.79 Å². The molecule has 3 aromatic rings. The van der Waals surface area contributed by atoms with E-state index in [4.69, 9.17) is 5.73 Å². The van der Waals surface area contributed by atoms with Gasteiger partial charge in [-0.2, -0.15) is 13.2 Å². The maximum atomic E-state index is 13.5. The number of fused-ring (bicyclic) bond motifs is 3. The van der Waals surface area contributed by atoms with Crippen LogP contribution in [0.2, 0.25) is 0 Å². The predicted molar refractivity (Wildman–Crippen MR) is 109 cm³/mol. The summed E-state index contributed by atoms with van der Waals surface area (Å²) in [6.45, 7) is 1.98. The first-order chi connectivity index (χ1) is 14.5. The van der Waals surface area contributed by atoms with Crippen LogP contribution in [-0.2, 0) is 5.60 Å². The molecule has 0 radical (unpaired) electrons. The molecule has 162 valence electrons. The van der Waals surface area contributed by atoms with Crippen LogP contribution in [0, 0.1) is 0 Å². The molecule has 0 spiro atoms. The van der Waals surface area contributed by atoms with Gasteiger partial charge in [0.05, 0.1) is 5.56 Å². The van der Waals surface area contributed by atoms with Crippen molar-refractivity contribution in [2.24, 2.45) is 5.73 Å². The number of halogens is 3. The van der Waals surface area contributed by atoms with E-state index in [9.17, 15) is 33.3 Å². The Morgan fingerprint density at radius 1 is 1.00 bits per heavy atom. The Balaban J connectivity index is 0.000000254. The Kier molecular flexibility index (Phi) is 5.80. The fraction of sp³-hybridized carbons (Fsp3) is 0.174. The number of phenols is 1. The van der Waals surface area contributed by atoms with E-state index >= 15 is 0 Å². The summed E-state index contributed by atoms with van der Waals surface area (Å²) in [5.41, 5.74) is 1.56. The Bertz CT molecular complexity index is 1110. The van der Waals surface area contributed by atoms with Crippen LogP contribution in [0.4, 0.5) is 13.2 Å². The van der Waals surface area contributed by atoms with Crippen LogP contribution in [-0.4, -0.2) is 27.5 Å². The molecular formula is C23H20F3NO4. The van der Waals surface area contributed by atoms with Gasteiger partial charge in [0.25, 0.3) is 0 Å². The molecule has 5 N–H and O–H groups in total. The first-order valence-electron chi connectivity index (χ1n) is 9.28. The average molecular weight is 431 g/mol. The maximum Gasteiger partial charge on any atom is 0.425 e. The van der Waals surface area contributed by atoms with Gasteiger partial charge in [-0.1, -0.05) is 54.6 Å². The van der Waals surface area contributed by atoms with E-state index in [2.05, 4.69) is 0 Å². The minimum Gasteiger partial charge on any atom is -0.508 e. The maximum absolute atomic E-state index is 13.5. The predicted octanol–water partition coefficient (Wildman–Crippen LogP) is 4.58. The van der Waals surface area contributed by atoms with Gasteiger partial charge in [-0.3, -0.25) is 0 Å². The summed E-state index contributed by atoms with van der Waals surface area (Å²) in [4.78, 5) is 11.3. The van der Waals surface area contributed by atoms with Crippen molar-refractivity contribution in [1.29, 1.82) is 0 Å². The van der Waals surface area contributed by atoms with E-state index in [1.54, 1.807) is 0 Å². The number of carboxylic acid groups (broad SMARTS) is 1. The van der Waals surface area contributed by atoms with Crippen molar-refractivity contribution >= 4 is 5.97 Å². The Labute approximate surface area is 176 Å². The molecule has 5 nitrogen and oxygen atoms in total. The van der Waals surface area contributed by atoms with Gasteiger partial charge >= 0.3 is 12.1 Å². The lowest BCUT2D eigenvalue weighted by atomic mass is 9.90. The molecule has 2 atom stereocenters. The van der Waals surface area contributed by atoms with Gasteiger partial charge < -0.3 is 21.1 Å². The molecule has 31 heavy (non-hydrogen) atoms. The topological polar surface area (TPSA) is 104 Å². The van der Waals surface area contributed by atoms with Crippen molar-refractivity contribution < 1.29 is 33.3 Å². The second-order valence-electron chi connectivity index (χ2n) is 7.17. The molecule has 3 aromatic carbocycles. The van der Waals surface area contributed by atoms with Crippen LogP contribution >= 0.6 is 0 Å². The minimum absolute atomic E-state index is 0.0188. The smallest absolute Gasteiger partial charge is 0.425 e. The summed E-state index contributed by atoms with van der Waals surface area (Å²) < 4.78 is 40.5. The highest BCUT2D eigenvalue weighted by atomic mass is 19.4. The van der Waals surface area contributed by atoms with Crippen LogP contribution in [0.25, 0.3) is 11.1 Å². The monoisotopic (exact) mass is 431 g/mol. The van der Waals surface area contributed by atoms with Crippen molar-refractivity contribution in [1.82, 2.24) is 0 Å². The number of hydrogen-bond acceptors (Lipinski definition) is 4. The van der Waals surface area contributed by atoms with Gasteiger partial charge in [0, 0.05) is 22.7 Å². The van der Waals surface area contributed by atoms with Crippen molar-refractivity contribution in [3.05, 3.63) is 89.0 Å². The van der Waals surface area contributed by atoms with Crippen LogP contribution in [0.15, 0.2) is 66.7 Å². The van der Waals surface area contributed by atoms with Crippen LogP contribution < -0.4 is 5.73 Å². The van der Waals surface area contributed by atoms with Gasteiger partial charge in [0.2, 0.25) is 5.60 Å². The molecule has 0 amide bonds. The Morgan fingerprint density at radius 2 is 1.58 bits per heavy atom. The fourth-order valence-corrected chi connectivity index (χ4v) is 3.59. The van der Waals surface area contributed by atoms with Crippen molar-refractivity contribution in [2.75, 3.05) is 0 Å². The van der Waals surface area contributed by atoms with Gasteiger partial charge in [-0.15, -0.1) is 0 Å². The Hall–Kier alpha value is -3.36. The molecule has 1 aliphatic carbocycles. The number of phenolic OH excluding ortho intramolecular Hbond substituents is 1. The first-order valence-corrected chi connectivity index (χ1v) is 9.28. The highest BCUT2D eigenvalue weighted by Crippen LogP contribution is 2.56. The van der Waals surface area contributed by atoms with Gasteiger partial charge in [0.15, 0.2) is 0 Å². The van der Waals surface area contributed by atoms with Crippen molar-refractivity contribution in [3.63, 3.8) is 0 Å². The molecule has 1 aliphatic rings. The minimum atomic E-state index is -5.07. The largest absolute Gasteiger partial charge is 0.508 e. The number of carbonyl (C=O) groups is 1. The number of hydrogen-bond donors (Lipinski definition) is 4. The van der Waals surface area contributed by atoms with Crippen LogP contribution in [0.5, 0.6) is 5.75 Å². The van der Waals surface area contributed by atoms with E-state index in [1.165, 1.54) is 23.8 Å². The number of benzene rings is 3. The highest BCUT2D eigenvalue weighted by molar-refractivity contribution is 6.00. The van der Waals surface area contributed by atoms with E-state index in [0.717, 1.165) is 18.2 Å². The summed E-state index contributed by atoms with van der Waals surface area (Å²) in [7, 11) is 0. The van der Waals surface area contributed by atoms with Crippen molar-refractivity contribution in [3.8, 4) is 16.9 Å². The lowest BCUT2D eigenvalue weighted by molar-refractivity contribution is -0.246. The molecular weight excluding hydrogens is 411 g/mol. The summed E-state index contributed by atoms with van der Waals surface area (Å²) >= 11 is 0. The number of alkyl halides is 3. The molecule has 0 saturated heterocycles. The molecule has 0 bridgehead atoms. The summed E-state index contributed by atoms with van der Waals surface area (Å²) in [6.07, 6.45) is -5.07. The number of aromatic carboxylic acids is 1. The highest BCUT2D eigenvalue weighted by Gasteiger charge is 2.61. The molecule has 4 rings (SSSR count). The molecule has 8 heteroatoms. The lowest BCUT2D eigenvalue weighted by Crippen LogP contribution is -2.41. The third-order valence-electron chi connectivity index (χ3n) is 5.07. The zero-order valence-electron chi connectivity index (χ0n) is 16.4. The second kappa shape index (κ2) is 8.05. The van der Waals surface area contributed by atoms with Crippen molar-refractivity contribution in [2.45, 2.75) is 24.7 Å². The fourth-order valence-electron chi connectivity index (χ4n) is 3.59. The number of aromatic hydroxyl groups is 1. The molecule has 0 saturated carbocycles. The first kappa shape index (κ1) is 22.3. The SMILES string of the molecule is C[C@H](N)c1ccccc1.O=C(O)c1cc(O)cc2c1-c1ccccc1C2(O)C(F)(F)F. The van der Waals surface area contributed by atoms with E-state index in [0.29, 0.717) is 0 Å². The number of aliphatic hydroxyl groups is 1. The molecule has 0 heterocycles. The van der Waals surface area contributed by atoms with E-state index < -0.39 is 40.2 Å². The zero-order chi connectivity index (χ0) is 23.0. The Morgan fingerprint density at radius 3 is 2.10 bits per heavy atom. The quantitative estimate of drug-likeness (QED) is 0.476. The van der Waals surface area contributed by atoms with Crippen LogP contribution in [0.1, 0.15) is 40.0 Å². The number of rotatable bonds is 2. The third-order valence-corrected chi connectivity index (χ3v) is 5.07. The third kappa shape index (κ3) is 3.87. The summed E-state index contributed by atoms with van der Waals surface area (Å²) in [5, 5.41) is 29.1. The number of nitrogens with two attached hydrogens (primary N) is 1. The lowest BCUT2D eigenvalue weighted by Gasteiger charge is -2.28. The normalized spacial score (nSPS) is 17.7. The summed E-state index contributed by atoms with van der Waals surface area (Å²) in [5.74, 6) is -2.15. The molecule has 0 fully saturated rings. The van der Waals surface area contributed by atoms with E-state index in [-0.39, 0.29) is 17.2 Å². The summed E-state index contributed by atoms with van der Waals surface area (Å²) in [6, 6.07) is 17.0. The van der Waals surface area contributed by atoms with E-state index in [1.807, 2.05) is 37.3 Å². The molecule has 0 aromatic heterocycles. The standard InChI is InChI=1S/C15H9F3O4.C8H11N/c16-15(17,18)14(22)10-4-2-1-3-8(10)12-9(13(20)21)5-7(19)6-11(12)14;1-7(9)8-5-3-2-4-6-8/h1-6,19,22H,(H,20,21);2-7H,9H2,1H3/t;7-/m.0/s1. The van der Waals surface area contributed by atoms with Gasteiger partial charge in [-0.05, 0) is 30.2 Å². The zero-order valence-corrected chi connectivity index (χ0v) is 16.4. The second-order valence-corrected chi connectivity index (χ2v) is 7.17. The average Bonchev–Trinajstić information content (AvgIpc) is 2.98.